The third-order valence-electron chi connectivity index (χ3n) is 7.31. The van der Waals surface area contributed by atoms with E-state index in [4.69, 9.17) is 0 Å². The molecule has 0 radical (unpaired) electrons. The molecule has 1 aliphatic heterocycles. The van der Waals surface area contributed by atoms with E-state index in [1.54, 1.807) is 0 Å². The first-order valence-corrected chi connectivity index (χ1v) is 13.8. The maximum atomic E-state index is 13.7. The molecule has 1 amide bonds. The van der Waals surface area contributed by atoms with Crippen LogP contribution in [0.4, 0.5) is 0 Å². The van der Waals surface area contributed by atoms with E-state index in [0.29, 0.717) is 13.0 Å². The molecule has 5 heteroatoms. The number of benzene rings is 2. The summed E-state index contributed by atoms with van der Waals surface area (Å²) in [5.41, 5.74) is 1.10. The van der Waals surface area contributed by atoms with Gasteiger partial charge in [-0.05, 0) is 54.4 Å². The molecule has 4 nitrogen and oxygen atoms in total. The van der Waals surface area contributed by atoms with Gasteiger partial charge < -0.3 is 4.90 Å². The third kappa shape index (κ3) is 5.31. The van der Waals surface area contributed by atoms with Crippen molar-refractivity contribution >= 4 is 26.5 Å². The Bertz CT molecular complexity index is 1000. The van der Waals surface area contributed by atoms with Crippen LogP contribution in [0.1, 0.15) is 63.9 Å². The highest BCUT2D eigenvalue weighted by atomic mass is 32.2. The minimum absolute atomic E-state index is 0.0381. The second-order valence-corrected chi connectivity index (χ2v) is 11.7. The van der Waals surface area contributed by atoms with Crippen LogP contribution in [-0.4, -0.2) is 36.8 Å². The number of hydrogen-bond acceptors (Lipinski definition) is 3. The maximum Gasteiger partial charge on any atom is 0.226 e. The van der Waals surface area contributed by atoms with E-state index in [0.717, 1.165) is 47.9 Å². The van der Waals surface area contributed by atoms with Crippen molar-refractivity contribution < 1.29 is 13.2 Å². The average molecular weight is 442 g/mol. The van der Waals surface area contributed by atoms with E-state index in [-0.39, 0.29) is 29.4 Å². The molecule has 0 N–H and O–H groups in total. The van der Waals surface area contributed by atoms with Gasteiger partial charge >= 0.3 is 0 Å². The van der Waals surface area contributed by atoms with Crippen molar-refractivity contribution in [3.8, 4) is 0 Å². The molecule has 2 aliphatic rings. The highest BCUT2D eigenvalue weighted by molar-refractivity contribution is 7.91. The van der Waals surface area contributed by atoms with Gasteiger partial charge in [-0.15, -0.1) is 0 Å². The highest BCUT2D eigenvalue weighted by Crippen LogP contribution is 2.35. The standard InChI is InChI=1S/C26H35NO3S/c1-2-3-7-20-12-14-22(15-13-20)26(28)27(24-16-17-31(29,30)19-24)18-23-10-6-9-21-8-4-5-11-25(21)23/h4-6,8-11,20,22,24H,2-3,7,12-19H2,1H3/t20?,22?,24-/m0/s1. The molecule has 1 heterocycles. The van der Waals surface area contributed by atoms with Crippen molar-refractivity contribution in [2.75, 3.05) is 11.5 Å². The van der Waals surface area contributed by atoms with E-state index in [9.17, 15) is 13.2 Å². The Hall–Kier alpha value is -1.88. The molecule has 0 unspecified atom stereocenters. The molecular formula is C26H35NO3S. The zero-order valence-corrected chi connectivity index (χ0v) is 19.4. The number of unbranched alkanes of at least 4 members (excludes halogenated alkanes) is 1. The number of sulfone groups is 1. The summed E-state index contributed by atoms with van der Waals surface area (Å²) in [5.74, 6) is 1.26. The Kier molecular flexibility index (Phi) is 7.00. The summed E-state index contributed by atoms with van der Waals surface area (Å²) in [7, 11) is -3.05. The van der Waals surface area contributed by atoms with Gasteiger partial charge in [0.2, 0.25) is 5.91 Å². The molecule has 168 valence electrons. The van der Waals surface area contributed by atoms with Crippen LogP contribution >= 0.6 is 0 Å². The lowest BCUT2D eigenvalue weighted by molar-refractivity contribution is -0.139. The predicted molar refractivity (Wildman–Crippen MR) is 127 cm³/mol. The zero-order valence-electron chi connectivity index (χ0n) is 18.6. The average Bonchev–Trinajstić information content (AvgIpc) is 3.15. The first-order chi connectivity index (χ1) is 15.0. The number of carbonyl (C=O) groups is 1. The molecular weight excluding hydrogens is 406 g/mol. The van der Waals surface area contributed by atoms with E-state index in [2.05, 4.69) is 31.2 Å². The van der Waals surface area contributed by atoms with Crippen molar-refractivity contribution in [1.29, 1.82) is 0 Å². The molecule has 2 aromatic carbocycles. The molecule has 1 saturated carbocycles. The van der Waals surface area contributed by atoms with Crippen molar-refractivity contribution in [3.05, 3.63) is 48.0 Å². The van der Waals surface area contributed by atoms with E-state index < -0.39 is 9.84 Å². The van der Waals surface area contributed by atoms with Crippen molar-refractivity contribution in [2.45, 2.75) is 70.9 Å². The zero-order chi connectivity index (χ0) is 21.8. The van der Waals surface area contributed by atoms with Gasteiger partial charge in [0.1, 0.15) is 0 Å². The molecule has 1 saturated heterocycles. The number of rotatable bonds is 7. The van der Waals surface area contributed by atoms with Gasteiger partial charge in [-0.2, -0.15) is 0 Å². The number of hydrogen-bond donors (Lipinski definition) is 0. The first kappa shape index (κ1) is 22.3. The van der Waals surface area contributed by atoms with Crippen LogP contribution < -0.4 is 0 Å². The Morgan fingerprint density at radius 1 is 1.00 bits per heavy atom. The monoisotopic (exact) mass is 441 g/mol. The molecule has 0 bridgehead atoms. The highest BCUT2D eigenvalue weighted by Gasteiger charge is 2.38. The topological polar surface area (TPSA) is 54.5 Å². The van der Waals surface area contributed by atoms with Gasteiger partial charge in [-0.1, -0.05) is 68.7 Å². The molecule has 0 spiro atoms. The summed E-state index contributed by atoms with van der Waals surface area (Å²) in [6, 6.07) is 14.2. The molecule has 1 atom stereocenters. The molecule has 2 aromatic rings. The van der Waals surface area contributed by atoms with Gasteiger partial charge in [0.25, 0.3) is 0 Å². The molecule has 2 fully saturated rings. The number of nitrogens with zero attached hydrogens (tertiary/aromatic N) is 1. The predicted octanol–water partition coefficient (Wildman–Crippen LogP) is 5.35. The summed E-state index contributed by atoms with van der Waals surface area (Å²) in [6.07, 6.45) is 8.48. The summed E-state index contributed by atoms with van der Waals surface area (Å²) in [4.78, 5) is 15.6. The van der Waals surface area contributed by atoms with Gasteiger partial charge in [0.15, 0.2) is 9.84 Å². The van der Waals surface area contributed by atoms with Gasteiger partial charge in [-0.3, -0.25) is 4.79 Å². The van der Waals surface area contributed by atoms with E-state index in [1.807, 2.05) is 23.1 Å². The van der Waals surface area contributed by atoms with Gasteiger partial charge in [-0.25, -0.2) is 8.42 Å². The normalized spacial score (nSPS) is 25.5. The van der Waals surface area contributed by atoms with Crippen LogP contribution in [0, 0.1) is 11.8 Å². The molecule has 31 heavy (non-hydrogen) atoms. The smallest absolute Gasteiger partial charge is 0.226 e. The summed E-state index contributed by atoms with van der Waals surface area (Å²) in [6.45, 7) is 2.73. The summed E-state index contributed by atoms with van der Waals surface area (Å²) < 4.78 is 24.4. The van der Waals surface area contributed by atoms with E-state index >= 15 is 0 Å². The third-order valence-corrected chi connectivity index (χ3v) is 9.07. The van der Waals surface area contributed by atoms with Crippen molar-refractivity contribution in [1.82, 2.24) is 4.90 Å². The van der Waals surface area contributed by atoms with Crippen LogP contribution in [0.25, 0.3) is 10.8 Å². The summed E-state index contributed by atoms with van der Waals surface area (Å²) in [5, 5.41) is 2.30. The Morgan fingerprint density at radius 2 is 1.74 bits per heavy atom. The molecule has 0 aromatic heterocycles. The largest absolute Gasteiger partial charge is 0.334 e. The fourth-order valence-electron chi connectivity index (χ4n) is 5.45. The fourth-order valence-corrected chi connectivity index (χ4v) is 7.18. The Balaban J connectivity index is 1.54. The maximum absolute atomic E-state index is 13.7. The first-order valence-electron chi connectivity index (χ1n) is 11.9. The number of carbonyl (C=O) groups excluding carboxylic acids is 1. The van der Waals surface area contributed by atoms with E-state index in [1.165, 1.54) is 19.3 Å². The van der Waals surface area contributed by atoms with Gasteiger partial charge in [0, 0.05) is 18.5 Å². The molecule has 4 rings (SSSR count). The minimum Gasteiger partial charge on any atom is -0.334 e. The van der Waals surface area contributed by atoms with Crippen LogP contribution in [0.15, 0.2) is 42.5 Å². The Labute approximate surface area is 186 Å². The van der Waals surface area contributed by atoms with Crippen LogP contribution in [0.2, 0.25) is 0 Å². The lowest BCUT2D eigenvalue weighted by Gasteiger charge is -2.35. The lowest BCUT2D eigenvalue weighted by Crippen LogP contribution is -2.44. The van der Waals surface area contributed by atoms with Crippen molar-refractivity contribution in [3.63, 3.8) is 0 Å². The van der Waals surface area contributed by atoms with Crippen LogP contribution in [0.5, 0.6) is 0 Å². The van der Waals surface area contributed by atoms with Crippen molar-refractivity contribution in [2.24, 2.45) is 11.8 Å². The molecule has 1 aliphatic carbocycles. The number of amides is 1. The SMILES string of the molecule is CCCCC1CCC(C(=O)N(Cc2cccc3ccccc23)[C@H]2CCS(=O)(=O)C2)CC1. The summed E-state index contributed by atoms with van der Waals surface area (Å²) >= 11 is 0. The lowest BCUT2D eigenvalue weighted by atomic mass is 9.79. The van der Waals surface area contributed by atoms with Crippen LogP contribution in [0.3, 0.4) is 0 Å². The number of fused-ring (bicyclic) bond motifs is 1. The second kappa shape index (κ2) is 9.72. The second-order valence-electron chi connectivity index (χ2n) is 9.52. The minimum atomic E-state index is -3.05. The Morgan fingerprint density at radius 3 is 2.45 bits per heavy atom. The van der Waals surface area contributed by atoms with Crippen LogP contribution in [-0.2, 0) is 21.2 Å². The fraction of sp³-hybridized carbons (Fsp3) is 0.577. The quantitative estimate of drug-likeness (QED) is 0.582. The van der Waals surface area contributed by atoms with Gasteiger partial charge in [0.05, 0.1) is 11.5 Å².